The van der Waals surface area contributed by atoms with Crippen molar-refractivity contribution in [2.24, 2.45) is 0 Å². The zero-order valence-electron chi connectivity index (χ0n) is 23.1. The predicted octanol–water partition coefficient (Wildman–Crippen LogP) is 7.54. The molecule has 0 radical (unpaired) electrons. The second-order valence-electron chi connectivity index (χ2n) is 10.4. The SMILES string of the molecule is CCC[C@@H](Oc1cc(C)c(-c2ccc(C(C)(C)C)cc2)c(C)c1)c1ccc(C(=O)NCCC(=O)OC)s1. The molecular weight excluding hydrogens is 482 g/mol. The molecule has 2 aromatic carbocycles. The Morgan fingerprint density at radius 3 is 2.22 bits per heavy atom. The molecule has 0 aliphatic heterocycles. The molecule has 3 aromatic rings. The summed E-state index contributed by atoms with van der Waals surface area (Å²) in [5.74, 6) is 0.298. The molecule has 1 atom stereocenters. The Labute approximate surface area is 225 Å². The molecule has 0 aliphatic carbocycles. The van der Waals surface area contributed by atoms with E-state index in [9.17, 15) is 9.59 Å². The van der Waals surface area contributed by atoms with Crippen LogP contribution in [0.4, 0.5) is 0 Å². The number of benzene rings is 2. The van der Waals surface area contributed by atoms with E-state index >= 15 is 0 Å². The molecule has 0 aliphatic rings. The number of carbonyl (C=O) groups is 2. The minimum absolute atomic E-state index is 0.125. The van der Waals surface area contributed by atoms with Gasteiger partial charge in [-0.1, -0.05) is 58.4 Å². The zero-order chi connectivity index (χ0) is 27.2. The minimum Gasteiger partial charge on any atom is -0.485 e. The van der Waals surface area contributed by atoms with Crippen LogP contribution >= 0.6 is 11.3 Å². The lowest BCUT2D eigenvalue weighted by molar-refractivity contribution is -0.140. The van der Waals surface area contributed by atoms with Gasteiger partial charge in [0.05, 0.1) is 18.4 Å². The van der Waals surface area contributed by atoms with Gasteiger partial charge in [-0.2, -0.15) is 0 Å². The van der Waals surface area contributed by atoms with Crippen molar-refractivity contribution in [2.75, 3.05) is 13.7 Å². The minimum atomic E-state index is -0.345. The monoisotopic (exact) mass is 521 g/mol. The largest absolute Gasteiger partial charge is 0.485 e. The first-order valence-corrected chi connectivity index (χ1v) is 13.7. The Kier molecular flexibility index (Phi) is 9.55. The third-order valence-electron chi connectivity index (χ3n) is 6.39. The molecule has 0 fully saturated rings. The highest BCUT2D eigenvalue weighted by Gasteiger charge is 2.20. The van der Waals surface area contributed by atoms with Crippen molar-refractivity contribution in [3.05, 3.63) is 75.0 Å². The van der Waals surface area contributed by atoms with Gasteiger partial charge in [-0.3, -0.25) is 9.59 Å². The summed E-state index contributed by atoms with van der Waals surface area (Å²) in [5, 5.41) is 2.78. The van der Waals surface area contributed by atoms with Gasteiger partial charge in [0, 0.05) is 11.4 Å². The van der Waals surface area contributed by atoms with Crippen LogP contribution in [0.3, 0.4) is 0 Å². The maximum atomic E-state index is 12.5. The molecule has 5 nitrogen and oxygen atoms in total. The van der Waals surface area contributed by atoms with Crippen LogP contribution in [0.5, 0.6) is 5.75 Å². The molecule has 1 aromatic heterocycles. The van der Waals surface area contributed by atoms with Crippen LogP contribution in [0.1, 0.15) is 84.3 Å². The Hall–Kier alpha value is -3.12. The van der Waals surface area contributed by atoms with E-state index in [1.807, 2.05) is 12.1 Å². The van der Waals surface area contributed by atoms with Gasteiger partial charge in [-0.25, -0.2) is 0 Å². The van der Waals surface area contributed by atoms with E-state index in [0.29, 0.717) is 4.88 Å². The number of carbonyl (C=O) groups excluding carboxylic acids is 2. The predicted molar refractivity (Wildman–Crippen MR) is 152 cm³/mol. The quantitative estimate of drug-likeness (QED) is 0.280. The third kappa shape index (κ3) is 7.45. The number of aryl methyl sites for hydroxylation is 2. The van der Waals surface area contributed by atoms with Crippen LogP contribution in [-0.2, 0) is 14.9 Å². The van der Waals surface area contributed by atoms with E-state index < -0.39 is 0 Å². The summed E-state index contributed by atoms with van der Waals surface area (Å²) in [6, 6.07) is 16.9. The van der Waals surface area contributed by atoms with Gasteiger partial charge in [0.15, 0.2) is 0 Å². The molecule has 37 heavy (non-hydrogen) atoms. The molecule has 1 heterocycles. The van der Waals surface area contributed by atoms with E-state index in [1.54, 1.807) is 0 Å². The van der Waals surface area contributed by atoms with Crippen molar-refractivity contribution in [1.29, 1.82) is 0 Å². The van der Waals surface area contributed by atoms with Gasteiger partial charge in [-0.05, 0) is 77.8 Å². The molecule has 0 spiro atoms. The van der Waals surface area contributed by atoms with Gasteiger partial charge < -0.3 is 14.8 Å². The van der Waals surface area contributed by atoms with E-state index in [1.165, 1.54) is 46.3 Å². The fourth-order valence-electron chi connectivity index (χ4n) is 4.38. The topological polar surface area (TPSA) is 64.6 Å². The smallest absolute Gasteiger partial charge is 0.307 e. The van der Waals surface area contributed by atoms with E-state index in [-0.39, 0.29) is 36.4 Å². The summed E-state index contributed by atoms with van der Waals surface area (Å²) >= 11 is 1.43. The first kappa shape index (κ1) is 28.5. The van der Waals surface area contributed by atoms with Gasteiger partial charge in [-0.15, -0.1) is 11.3 Å². The van der Waals surface area contributed by atoms with E-state index in [0.717, 1.165) is 23.5 Å². The highest BCUT2D eigenvalue weighted by molar-refractivity contribution is 7.14. The van der Waals surface area contributed by atoms with Crippen LogP contribution < -0.4 is 10.1 Å². The normalized spacial score (nSPS) is 12.2. The van der Waals surface area contributed by atoms with Gasteiger partial charge >= 0.3 is 5.97 Å². The van der Waals surface area contributed by atoms with Crippen molar-refractivity contribution < 1.29 is 19.1 Å². The second kappa shape index (κ2) is 12.4. The maximum absolute atomic E-state index is 12.5. The number of hydrogen-bond donors (Lipinski definition) is 1. The van der Waals surface area contributed by atoms with Crippen LogP contribution in [0.15, 0.2) is 48.5 Å². The summed E-state index contributed by atoms with van der Waals surface area (Å²) in [7, 11) is 1.34. The molecule has 6 heteroatoms. The van der Waals surface area contributed by atoms with Crippen molar-refractivity contribution in [3.63, 3.8) is 0 Å². The Morgan fingerprint density at radius 2 is 1.65 bits per heavy atom. The first-order chi connectivity index (χ1) is 17.5. The van der Waals surface area contributed by atoms with Crippen molar-refractivity contribution in [2.45, 2.75) is 72.3 Å². The maximum Gasteiger partial charge on any atom is 0.307 e. The molecule has 3 rings (SSSR count). The summed E-state index contributed by atoms with van der Waals surface area (Å²) in [6.07, 6.45) is 1.82. The van der Waals surface area contributed by atoms with Crippen LogP contribution in [0.2, 0.25) is 0 Å². The van der Waals surface area contributed by atoms with Gasteiger partial charge in [0.1, 0.15) is 11.9 Å². The van der Waals surface area contributed by atoms with Crippen LogP contribution in [0, 0.1) is 13.8 Å². The molecule has 0 saturated carbocycles. The first-order valence-electron chi connectivity index (χ1n) is 12.9. The third-order valence-corrected chi connectivity index (χ3v) is 7.56. The fourth-order valence-corrected chi connectivity index (χ4v) is 5.37. The Balaban J connectivity index is 1.76. The molecule has 1 amide bonds. The number of esters is 1. The molecule has 198 valence electrons. The lowest BCUT2D eigenvalue weighted by Gasteiger charge is -2.21. The van der Waals surface area contributed by atoms with Gasteiger partial charge in [0.25, 0.3) is 5.91 Å². The van der Waals surface area contributed by atoms with Crippen molar-refractivity contribution in [1.82, 2.24) is 5.32 Å². The fraction of sp³-hybridized carbons (Fsp3) is 0.419. The van der Waals surface area contributed by atoms with Gasteiger partial charge in [0.2, 0.25) is 0 Å². The highest BCUT2D eigenvalue weighted by Crippen LogP contribution is 2.36. The van der Waals surface area contributed by atoms with Crippen LogP contribution in [0.25, 0.3) is 11.1 Å². The average Bonchev–Trinajstić information content (AvgIpc) is 3.33. The van der Waals surface area contributed by atoms with Crippen molar-refractivity contribution in [3.8, 4) is 16.9 Å². The van der Waals surface area contributed by atoms with Crippen molar-refractivity contribution >= 4 is 23.2 Å². The average molecular weight is 522 g/mol. The number of nitrogens with one attached hydrogen (secondary N) is 1. The molecule has 0 unspecified atom stereocenters. The number of hydrogen-bond acceptors (Lipinski definition) is 5. The second-order valence-corrected chi connectivity index (χ2v) is 11.6. The van der Waals surface area contributed by atoms with E-state index in [4.69, 9.17) is 4.74 Å². The zero-order valence-corrected chi connectivity index (χ0v) is 23.9. The summed E-state index contributed by atoms with van der Waals surface area (Å²) in [6.45, 7) is 13.3. The standard InChI is InChI=1S/C31H39NO4S/c1-8-9-25(26-14-15-27(37-26)30(34)32-17-16-28(33)35-7)36-24-18-20(2)29(21(3)19-24)22-10-12-23(13-11-22)31(4,5)6/h10-15,18-19,25H,8-9,16-17H2,1-7H3,(H,32,34)/t25-/m1/s1. The number of ether oxygens (including phenoxy) is 2. The summed E-state index contributed by atoms with van der Waals surface area (Å²) in [4.78, 5) is 25.4. The number of methoxy groups -OCH3 is 1. The number of amides is 1. The number of rotatable bonds is 10. The van der Waals surface area contributed by atoms with Crippen LogP contribution in [-0.4, -0.2) is 25.5 Å². The lowest BCUT2D eigenvalue weighted by Crippen LogP contribution is -2.25. The highest BCUT2D eigenvalue weighted by atomic mass is 32.1. The Bertz CT molecular complexity index is 1200. The lowest BCUT2D eigenvalue weighted by atomic mass is 9.85. The molecular formula is C31H39NO4S. The summed E-state index contributed by atoms with van der Waals surface area (Å²) in [5.41, 5.74) is 6.24. The molecule has 0 saturated heterocycles. The molecule has 0 bridgehead atoms. The molecule has 1 N–H and O–H groups in total. The summed E-state index contributed by atoms with van der Waals surface area (Å²) < 4.78 is 11.1. The Morgan fingerprint density at radius 1 is 1.00 bits per heavy atom. The van der Waals surface area contributed by atoms with E-state index in [2.05, 4.69) is 88.0 Å². The number of thiophene rings is 1.